The first-order chi connectivity index (χ1) is 13.0. The van der Waals surface area contributed by atoms with Crippen LogP contribution in [0.5, 0.6) is 0 Å². The summed E-state index contributed by atoms with van der Waals surface area (Å²) in [6, 6.07) is 12.5. The van der Waals surface area contributed by atoms with Crippen molar-refractivity contribution in [1.29, 1.82) is 5.26 Å². The van der Waals surface area contributed by atoms with E-state index >= 15 is 8.78 Å². The highest BCUT2D eigenvalue weighted by Crippen LogP contribution is 2.51. The highest BCUT2D eigenvalue weighted by molar-refractivity contribution is 5.82. The van der Waals surface area contributed by atoms with Crippen molar-refractivity contribution >= 4 is 5.84 Å². The third-order valence-corrected chi connectivity index (χ3v) is 5.15. The molecule has 28 heavy (non-hydrogen) atoms. The number of hydrogen-bond acceptors (Lipinski definition) is 4. The zero-order valence-electron chi connectivity index (χ0n) is 15.8. The molecule has 0 aromatic heterocycles. The fraction of sp³-hybridized carbons (Fsp3) is 0.333. The topological polar surface area (TPSA) is 71.4 Å². The SMILES string of the molecule is CC1(C)OCC(N)=NC(C)(c2cc(-c3ccc(C#N)cc3)ccc2F)C1(F)F. The van der Waals surface area contributed by atoms with Crippen molar-refractivity contribution in [2.75, 3.05) is 6.61 Å². The van der Waals surface area contributed by atoms with Crippen LogP contribution in [0.1, 0.15) is 31.9 Å². The zero-order chi connectivity index (χ0) is 20.7. The quantitative estimate of drug-likeness (QED) is 0.831. The van der Waals surface area contributed by atoms with Gasteiger partial charge in [0.25, 0.3) is 0 Å². The number of hydrogen-bond donors (Lipinski definition) is 1. The first-order valence-electron chi connectivity index (χ1n) is 8.68. The van der Waals surface area contributed by atoms with Crippen LogP contribution < -0.4 is 5.73 Å². The Bertz CT molecular complexity index is 977. The van der Waals surface area contributed by atoms with Crippen molar-refractivity contribution in [2.24, 2.45) is 10.7 Å². The summed E-state index contributed by atoms with van der Waals surface area (Å²) in [6.07, 6.45) is 0. The van der Waals surface area contributed by atoms with E-state index in [-0.39, 0.29) is 18.0 Å². The first kappa shape index (κ1) is 19.9. The number of nitrogens with zero attached hydrogens (tertiary/aromatic N) is 2. The maximum absolute atomic E-state index is 15.5. The van der Waals surface area contributed by atoms with Crippen molar-refractivity contribution in [1.82, 2.24) is 0 Å². The number of amidine groups is 1. The molecule has 0 fully saturated rings. The molecule has 1 aliphatic heterocycles. The highest BCUT2D eigenvalue weighted by Gasteiger charge is 2.63. The molecule has 0 amide bonds. The molecule has 0 saturated carbocycles. The maximum Gasteiger partial charge on any atom is 0.304 e. The summed E-state index contributed by atoms with van der Waals surface area (Å²) < 4.78 is 51.0. The summed E-state index contributed by atoms with van der Waals surface area (Å²) in [7, 11) is 0. The summed E-state index contributed by atoms with van der Waals surface area (Å²) in [5, 5.41) is 8.92. The second-order valence-electron chi connectivity index (χ2n) is 7.43. The Morgan fingerprint density at radius 1 is 1.07 bits per heavy atom. The van der Waals surface area contributed by atoms with E-state index in [0.29, 0.717) is 16.7 Å². The van der Waals surface area contributed by atoms with Gasteiger partial charge >= 0.3 is 5.92 Å². The molecule has 3 rings (SSSR count). The van der Waals surface area contributed by atoms with Crippen molar-refractivity contribution in [3.05, 3.63) is 59.4 Å². The summed E-state index contributed by atoms with van der Waals surface area (Å²) >= 11 is 0. The highest BCUT2D eigenvalue weighted by atomic mass is 19.3. The van der Waals surface area contributed by atoms with E-state index in [1.807, 2.05) is 6.07 Å². The number of benzene rings is 2. The van der Waals surface area contributed by atoms with E-state index in [4.69, 9.17) is 15.7 Å². The summed E-state index contributed by atoms with van der Waals surface area (Å²) in [5.74, 6) is -4.49. The molecule has 1 heterocycles. The van der Waals surface area contributed by atoms with E-state index < -0.39 is 22.9 Å². The number of aliphatic imine (C=N–C) groups is 1. The molecule has 0 spiro atoms. The van der Waals surface area contributed by atoms with E-state index in [0.717, 1.165) is 13.0 Å². The minimum atomic E-state index is -3.55. The second kappa shape index (κ2) is 6.64. The Hall–Kier alpha value is -2.85. The van der Waals surface area contributed by atoms with E-state index in [1.165, 1.54) is 26.0 Å². The van der Waals surface area contributed by atoms with Gasteiger partial charge in [-0.1, -0.05) is 18.2 Å². The van der Waals surface area contributed by atoms with Gasteiger partial charge in [0.1, 0.15) is 23.9 Å². The minimum Gasteiger partial charge on any atom is -0.385 e. The second-order valence-corrected chi connectivity index (χ2v) is 7.43. The molecule has 0 saturated heterocycles. The lowest BCUT2D eigenvalue weighted by molar-refractivity contribution is -0.214. The summed E-state index contributed by atoms with van der Waals surface area (Å²) in [6.45, 7) is 3.37. The monoisotopic (exact) mass is 387 g/mol. The first-order valence-corrected chi connectivity index (χ1v) is 8.68. The lowest BCUT2D eigenvalue weighted by Gasteiger charge is -2.42. The molecule has 0 bridgehead atoms. The maximum atomic E-state index is 15.5. The van der Waals surface area contributed by atoms with Gasteiger partial charge in [0.15, 0.2) is 5.54 Å². The van der Waals surface area contributed by atoms with Gasteiger partial charge in [-0.25, -0.2) is 13.2 Å². The van der Waals surface area contributed by atoms with Gasteiger partial charge in [0, 0.05) is 5.56 Å². The van der Waals surface area contributed by atoms with Crippen molar-refractivity contribution in [2.45, 2.75) is 37.8 Å². The Labute approximate surface area is 161 Å². The molecule has 2 aromatic rings. The predicted molar refractivity (Wildman–Crippen MR) is 101 cm³/mol. The minimum absolute atomic E-state index is 0.129. The Morgan fingerprint density at radius 2 is 1.68 bits per heavy atom. The molecule has 2 aromatic carbocycles. The normalized spacial score (nSPS) is 23.4. The third-order valence-electron chi connectivity index (χ3n) is 5.15. The molecule has 4 nitrogen and oxygen atoms in total. The Kier molecular flexibility index (Phi) is 4.72. The fourth-order valence-electron chi connectivity index (χ4n) is 3.37. The number of alkyl halides is 2. The predicted octanol–water partition coefficient (Wildman–Crippen LogP) is 4.38. The number of halogens is 3. The van der Waals surface area contributed by atoms with Gasteiger partial charge in [0.2, 0.25) is 0 Å². The van der Waals surface area contributed by atoms with E-state index in [9.17, 15) is 4.39 Å². The summed E-state index contributed by atoms with van der Waals surface area (Å²) in [5.41, 5.74) is 2.96. The van der Waals surface area contributed by atoms with Gasteiger partial charge in [0.05, 0.1) is 11.6 Å². The van der Waals surface area contributed by atoms with Gasteiger partial charge < -0.3 is 10.5 Å². The standard InChI is InChI=1S/C21H20F3N3O/c1-19(2)21(23,24)20(3,27-18(26)12-28-19)16-10-15(8-9-17(16)22)14-6-4-13(11-25)5-7-14/h4-10H,12H2,1-3H3,(H2,26,27). The number of nitrogens with two attached hydrogens (primary N) is 1. The van der Waals surface area contributed by atoms with Gasteiger partial charge in [-0.05, 0) is 56.2 Å². The van der Waals surface area contributed by atoms with Crippen molar-refractivity contribution in [3.63, 3.8) is 0 Å². The Balaban J connectivity index is 2.20. The van der Waals surface area contributed by atoms with Crippen LogP contribution in [0, 0.1) is 17.1 Å². The van der Waals surface area contributed by atoms with Crippen LogP contribution in [0.3, 0.4) is 0 Å². The van der Waals surface area contributed by atoms with Crippen molar-refractivity contribution in [3.8, 4) is 17.2 Å². The lowest BCUT2D eigenvalue weighted by Crippen LogP contribution is -2.56. The molecular formula is C21H20F3N3O. The molecule has 1 aliphatic rings. The van der Waals surface area contributed by atoms with Gasteiger partial charge in [-0.3, -0.25) is 4.99 Å². The van der Waals surface area contributed by atoms with Crippen LogP contribution >= 0.6 is 0 Å². The average molecular weight is 387 g/mol. The number of nitriles is 1. The van der Waals surface area contributed by atoms with Crippen molar-refractivity contribution < 1.29 is 17.9 Å². The molecular weight excluding hydrogens is 367 g/mol. The van der Waals surface area contributed by atoms with Crippen LogP contribution in [0.25, 0.3) is 11.1 Å². The molecule has 7 heteroatoms. The lowest BCUT2D eigenvalue weighted by atomic mass is 9.77. The van der Waals surface area contributed by atoms with Crippen LogP contribution in [0.4, 0.5) is 13.2 Å². The molecule has 2 N–H and O–H groups in total. The molecule has 1 unspecified atom stereocenters. The Morgan fingerprint density at radius 3 is 2.29 bits per heavy atom. The van der Waals surface area contributed by atoms with E-state index in [2.05, 4.69) is 4.99 Å². The number of ether oxygens (including phenoxy) is 1. The fourth-order valence-corrected chi connectivity index (χ4v) is 3.37. The van der Waals surface area contributed by atoms with E-state index in [1.54, 1.807) is 24.3 Å². The number of rotatable bonds is 2. The zero-order valence-corrected chi connectivity index (χ0v) is 15.8. The smallest absolute Gasteiger partial charge is 0.304 e. The summed E-state index contributed by atoms with van der Waals surface area (Å²) in [4.78, 5) is 3.99. The molecule has 0 radical (unpaired) electrons. The molecule has 1 atom stereocenters. The van der Waals surface area contributed by atoms with Crippen LogP contribution in [0.15, 0.2) is 47.5 Å². The largest absolute Gasteiger partial charge is 0.385 e. The van der Waals surface area contributed by atoms with Crippen LogP contribution in [-0.4, -0.2) is 24.0 Å². The molecule has 146 valence electrons. The molecule has 0 aliphatic carbocycles. The average Bonchev–Trinajstić information content (AvgIpc) is 2.71. The van der Waals surface area contributed by atoms with Gasteiger partial charge in [-0.15, -0.1) is 0 Å². The van der Waals surface area contributed by atoms with Crippen LogP contribution in [0.2, 0.25) is 0 Å². The van der Waals surface area contributed by atoms with Crippen LogP contribution in [-0.2, 0) is 10.3 Å². The van der Waals surface area contributed by atoms with Gasteiger partial charge in [-0.2, -0.15) is 5.26 Å². The third kappa shape index (κ3) is 3.04.